The highest BCUT2D eigenvalue weighted by molar-refractivity contribution is 7.19. The summed E-state index contributed by atoms with van der Waals surface area (Å²) in [6, 6.07) is 7.70. The molecule has 4 rings (SSSR count). The van der Waals surface area contributed by atoms with Crippen molar-refractivity contribution in [3.05, 3.63) is 29.8 Å². The van der Waals surface area contributed by atoms with E-state index in [4.69, 9.17) is 4.74 Å². The van der Waals surface area contributed by atoms with Crippen LogP contribution in [0.5, 0.6) is 5.75 Å². The van der Waals surface area contributed by atoms with E-state index in [1.807, 2.05) is 24.3 Å². The summed E-state index contributed by atoms with van der Waals surface area (Å²) in [7, 11) is 1.64. The topological polar surface area (TPSA) is 87.7 Å². The third-order valence-electron chi connectivity index (χ3n) is 5.65. The SMILES string of the molecule is COc1ccc(CNC(=O)C2CCCN(c3nnc(N4CCCCC4=O)s3)C2)cc1. The van der Waals surface area contributed by atoms with Crippen LogP contribution < -0.4 is 19.9 Å². The van der Waals surface area contributed by atoms with Crippen LogP contribution in [-0.4, -0.2) is 48.8 Å². The Bertz CT molecular complexity index is 885. The Morgan fingerprint density at radius 2 is 1.97 bits per heavy atom. The number of hydrogen-bond donors (Lipinski definition) is 1. The highest BCUT2D eigenvalue weighted by Gasteiger charge is 2.29. The van der Waals surface area contributed by atoms with Crippen molar-refractivity contribution in [1.82, 2.24) is 15.5 Å². The van der Waals surface area contributed by atoms with Crippen LogP contribution in [-0.2, 0) is 16.1 Å². The van der Waals surface area contributed by atoms with E-state index in [9.17, 15) is 9.59 Å². The number of carbonyl (C=O) groups is 2. The van der Waals surface area contributed by atoms with Crippen LogP contribution in [0, 0.1) is 5.92 Å². The second kappa shape index (κ2) is 9.42. The molecule has 0 saturated carbocycles. The fraction of sp³-hybridized carbons (Fsp3) is 0.524. The molecule has 0 bridgehead atoms. The van der Waals surface area contributed by atoms with Gasteiger partial charge in [-0.05, 0) is 43.4 Å². The number of aromatic nitrogens is 2. The Morgan fingerprint density at radius 3 is 2.73 bits per heavy atom. The molecule has 3 heterocycles. The molecule has 2 aliphatic heterocycles. The van der Waals surface area contributed by atoms with Gasteiger partial charge >= 0.3 is 0 Å². The predicted octanol–water partition coefficient (Wildman–Crippen LogP) is 2.60. The van der Waals surface area contributed by atoms with Crippen molar-refractivity contribution in [2.24, 2.45) is 5.92 Å². The molecular formula is C21H27N5O3S. The number of methoxy groups -OCH3 is 1. The molecule has 0 aliphatic carbocycles. The zero-order valence-electron chi connectivity index (χ0n) is 17.2. The summed E-state index contributed by atoms with van der Waals surface area (Å²) < 4.78 is 5.17. The molecule has 2 amide bonds. The van der Waals surface area contributed by atoms with Crippen LogP contribution in [0.3, 0.4) is 0 Å². The zero-order valence-corrected chi connectivity index (χ0v) is 18.0. The maximum atomic E-state index is 12.7. The summed E-state index contributed by atoms with van der Waals surface area (Å²) in [6.07, 6.45) is 4.32. The van der Waals surface area contributed by atoms with Crippen molar-refractivity contribution < 1.29 is 14.3 Å². The van der Waals surface area contributed by atoms with Gasteiger partial charge in [0, 0.05) is 32.6 Å². The number of rotatable bonds is 6. The first-order valence-corrected chi connectivity index (χ1v) is 11.2. The minimum absolute atomic E-state index is 0.0615. The van der Waals surface area contributed by atoms with Crippen molar-refractivity contribution in [1.29, 1.82) is 0 Å². The van der Waals surface area contributed by atoms with Gasteiger partial charge in [-0.1, -0.05) is 23.5 Å². The fourth-order valence-electron chi connectivity index (χ4n) is 3.89. The second-order valence-corrected chi connectivity index (χ2v) is 8.66. The van der Waals surface area contributed by atoms with Gasteiger partial charge in [0.25, 0.3) is 0 Å². The molecule has 2 fully saturated rings. The van der Waals surface area contributed by atoms with E-state index >= 15 is 0 Å². The fourth-order valence-corrected chi connectivity index (χ4v) is 4.82. The number of piperidine rings is 2. The van der Waals surface area contributed by atoms with Crippen molar-refractivity contribution >= 4 is 33.4 Å². The molecule has 30 heavy (non-hydrogen) atoms. The van der Waals surface area contributed by atoms with Crippen LogP contribution in [0.2, 0.25) is 0 Å². The highest BCUT2D eigenvalue weighted by atomic mass is 32.1. The Balaban J connectivity index is 1.33. The summed E-state index contributed by atoms with van der Waals surface area (Å²) in [6.45, 7) is 2.69. The van der Waals surface area contributed by atoms with E-state index in [-0.39, 0.29) is 17.7 Å². The van der Waals surface area contributed by atoms with Crippen molar-refractivity contribution in [3.63, 3.8) is 0 Å². The number of hydrogen-bond acceptors (Lipinski definition) is 7. The predicted molar refractivity (Wildman–Crippen MR) is 116 cm³/mol. The van der Waals surface area contributed by atoms with Gasteiger partial charge in [0.1, 0.15) is 5.75 Å². The smallest absolute Gasteiger partial charge is 0.228 e. The summed E-state index contributed by atoms with van der Waals surface area (Å²) in [4.78, 5) is 28.7. The number of ether oxygens (including phenoxy) is 1. The average Bonchev–Trinajstić information content (AvgIpc) is 3.28. The van der Waals surface area contributed by atoms with Gasteiger partial charge in [0.05, 0.1) is 13.0 Å². The molecule has 1 N–H and O–H groups in total. The molecule has 1 aromatic carbocycles. The van der Waals surface area contributed by atoms with E-state index in [1.54, 1.807) is 12.0 Å². The van der Waals surface area contributed by atoms with E-state index in [0.29, 0.717) is 31.2 Å². The van der Waals surface area contributed by atoms with Gasteiger partial charge in [-0.3, -0.25) is 14.5 Å². The van der Waals surface area contributed by atoms with Crippen molar-refractivity contribution in [2.45, 2.75) is 38.6 Å². The lowest BCUT2D eigenvalue weighted by molar-refractivity contribution is -0.125. The number of carbonyl (C=O) groups excluding carboxylic acids is 2. The van der Waals surface area contributed by atoms with Crippen LogP contribution >= 0.6 is 11.3 Å². The molecule has 2 aliphatic rings. The first kappa shape index (κ1) is 20.6. The van der Waals surface area contributed by atoms with Crippen LogP contribution in [0.4, 0.5) is 10.3 Å². The number of nitrogens with one attached hydrogen (secondary N) is 1. The van der Waals surface area contributed by atoms with E-state index in [1.165, 1.54) is 11.3 Å². The van der Waals surface area contributed by atoms with Gasteiger partial charge in [-0.25, -0.2) is 0 Å². The normalized spacial score (nSPS) is 19.6. The maximum Gasteiger partial charge on any atom is 0.228 e. The monoisotopic (exact) mass is 429 g/mol. The van der Waals surface area contributed by atoms with Gasteiger partial charge in [0.2, 0.25) is 22.1 Å². The summed E-state index contributed by atoms with van der Waals surface area (Å²) in [5, 5.41) is 13.1. The molecule has 8 nitrogen and oxygen atoms in total. The van der Waals surface area contributed by atoms with E-state index in [2.05, 4.69) is 20.4 Å². The molecule has 1 aromatic heterocycles. The van der Waals surface area contributed by atoms with E-state index < -0.39 is 0 Å². The minimum Gasteiger partial charge on any atom is -0.497 e. The molecule has 0 radical (unpaired) electrons. The third-order valence-corrected chi connectivity index (χ3v) is 6.65. The third kappa shape index (κ3) is 4.72. The first-order chi connectivity index (χ1) is 14.6. The molecule has 2 aromatic rings. The van der Waals surface area contributed by atoms with Crippen molar-refractivity contribution in [2.75, 3.05) is 36.5 Å². The van der Waals surface area contributed by atoms with Crippen LogP contribution in [0.15, 0.2) is 24.3 Å². The standard InChI is InChI=1S/C21H27N5O3S/c1-29-17-9-7-15(8-10-17)13-22-19(28)16-5-4-11-25(14-16)20-23-24-21(30-20)26-12-3-2-6-18(26)27/h7-10,16H,2-6,11-14H2,1H3,(H,22,28). The summed E-state index contributed by atoms with van der Waals surface area (Å²) >= 11 is 1.44. The minimum atomic E-state index is -0.0824. The average molecular weight is 430 g/mol. The molecule has 0 spiro atoms. The van der Waals surface area contributed by atoms with Crippen LogP contribution in [0.1, 0.15) is 37.7 Å². The number of benzene rings is 1. The highest BCUT2D eigenvalue weighted by Crippen LogP contribution is 2.32. The lowest BCUT2D eigenvalue weighted by Gasteiger charge is -2.31. The summed E-state index contributed by atoms with van der Waals surface area (Å²) in [5.74, 6) is 0.904. The number of anilines is 2. The molecule has 9 heteroatoms. The van der Waals surface area contributed by atoms with Crippen LogP contribution in [0.25, 0.3) is 0 Å². The number of amides is 2. The Morgan fingerprint density at radius 1 is 1.17 bits per heavy atom. The number of nitrogens with zero attached hydrogens (tertiary/aromatic N) is 4. The Kier molecular flexibility index (Phi) is 6.47. The van der Waals surface area contributed by atoms with Gasteiger partial charge in [-0.15, -0.1) is 10.2 Å². The molecule has 1 atom stereocenters. The first-order valence-electron chi connectivity index (χ1n) is 10.4. The van der Waals surface area contributed by atoms with Gasteiger partial charge < -0.3 is 15.0 Å². The largest absolute Gasteiger partial charge is 0.497 e. The van der Waals surface area contributed by atoms with E-state index in [0.717, 1.165) is 48.7 Å². The summed E-state index contributed by atoms with van der Waals surface area (Å²) in [5.41, 5.74) is 1.04. The quantitative estimate of drug-likeness (QED) is 0.760. The Labute approximate surface area is 180 Å². The molecule has 2 saturated heterocycles. The zero-order chi connectivity index (χ0) is 20.9. The van der Waals surface area contributed by atoms with Crippen molar-refractivity contribution in [3.8, 4) is 5.75 Å². The molecular weight excluding hydrogens is 402 g/mol. The lowest BCUT2D eigenvalue weighted by atomic mass is 9.97. The second-order valence-electron chi connectivity index (χ2n) is 7.72. The Hall–Kier alpha value is -2.68. The maximum absolute atomic E-state index is 12.7. The lowest BCUT2D eigenvalue weighted by Crippen LogP contribution is -2.43. The van der Waals surface area contributed by atoms with Gasteiger partial charge in [0.15, 0.2) is 0 Å². The van der Waals surface area contributed by atoms with Gasteiger partial charge in [-0.2, -0.15) is 0 Å². The molecule has 1 unspecified atom stereocenters. The molecule has 160 valence electrons.